The number of aliphatic hydroxyl groups excluding tert-OH is 1. The number of hydrogen-bond donors (Lipinski definition) is 3. The van der Waals surface area contributed by atoms with Crippen LogP contribution in [0.1, 0.15) is 32.1 Å². The number of carbonyl (C=O) groups is 2. The van der Waals surface area contributed by atoms with Crippen molar-refractivity contribution in [3.63, 3.8) is 0 Å². The molecule has 0 unspecified atom stereocenters. The van der Waals surface area contributed by atoms with Crippen LogP contribution in [-0.4, -0.2) is 34.2 Å². The predicted molar refractivity (Wildman–Crippen MR) is 48.7 cm³/mol. The molecule has 0 bridgehead atoms. The largest absolute Gasteiger partial charge is 0.474 e. The van der Waals surface area contributed by atoms with E-state index < -0.39 is 24.0 Å². The molecule has 0 aliphatic heterocycles. The third-order valence-corrected chi connectivity index (χ3v) is 2.49. The molecule has 0 saturated heterocycles. The van der Waals surface area contributed by atoms with Gasteiger partial charge in [-0.1, -0.05) is 19.3 Å². The Morgan fingerprint density at radius 2 is 1.79 bits per heavy atom. The van der Waals surface area contributed by atoms with Gasteiger partial charge in [0.25, 0.3) is 0 Å². The van der Waals surface area contributed by atoms with Crippen molar-refractivity contribution in [3.8, 4) is 0 Å². The lowest BCUT2D eigenvalue weighted by Crippen LogP contribution is -2.45. The van der Waals surface area contributed by atoms with Crippen LogP contribution >= 0.6 is 0 Å². The fourth-order valence-corrected chi connectivity index (χ4v) is 1.69. The van der Waals surface area contributed by atoms with Crippen LogP contribution in [0, 0.1) is 0 Å². The Morgan fingerprint density at radius 1 is 1.14 bits per heavy atom. The van der Waals surface area contributed by atoms with Crippen LogP contribution in [-0.2, 0) is 9.59 Å². The first kappa shape index (κ1) is 11.0. The second-order valence-electron chi connectivity index (χ2n) is 3.59. The van der Waals surface area contributed by atoms with E-state index in [2.05, 4.69) is 5.32 Å². The maximum absolute atomic E-state index is 10.8. The number of amides is 1. The van der Waals surface area contributed by atoms with E-state index in [0.29, 0.717) is 12.8 Å². The fraction of sp³-hybridized carbons (Fsp3) is 0.778. The molecule has 14 heavy (non-hydrogen) atoms. The van der Waals surface area contributed by atoms with Crippen LogP contribution in [0.3, 0.4) is 0 Å². The number of nitrogens with one attached hydrogen (secondary N) is 1. The minimum Gasteiger partial charge on any atom is -0.474 e. The summed E-state index contributed by atoms with van der Waals surface area (Å²) in [6, 6.07) is -0.402. The van der Waals surface area contributed by atoms with Gasteiger partial charge in [0.2, 0.25) is 0 Å². The highest BCUT2D eigenvalue weighted by Gasteiger charge is 2.25. The minimum atomic E-state index is -1.50. The standard InChI is InChI=1S/C9H15NO4/c11-7-5-3-1-2-4-6(7)10-8(12)9(13)14/h6-7,11H,1-5H2,(H,10,12)(H,13,14)/t6-,7-/m1/s1. The van der Waals surface area contributed by atoms with Crippen LogP contribution in [0.2, 0.25) is 0 Å². The van der Waals surface area contributed by atoms with Crippen molar-refractivity contribution in [2.45, 2.75) is 44.2 Å². The third kappa shape index (κ3) is 2.99. The number of carboxylic acids is 1. The summed E-state index contributed by atoms with van der Waals surface area (Å²) in [5, 5.41) is 20.3. The smallest absolute Gasteiger partial charge is 0.394 e. The summed E-state index contributed by atoms with van der Waals surface area (Å²) in [6.45, 7) is 0. The van der Waals surface area contributed by atoms with Crippen molar-refractivity contribution < 1.29 is 19.8 Å². The van der Waals surface area contributed by atoms with E-state index in [1.165, 1.54) is 0 Å². The Hall–Kier alpha value is -1.10. The number of aliphatic hydroxyl groups is 1. The van der Waals surface area contributed by atoms with Gasteiger partial charge in [0.05, 0.1) is 12.1 Å². The summed E-state index contributed by atoms with van der Waals surface area (Å²) >= 11 is 0. The van der Waals surface area contributed by atoms with Gasteiger partial charge in [-0.15, -0.1) is 0 Å². The Morgan fingerprint density at radius 3 is 2.43 bits per heavy atom. The van der Waals surface area contributed by atoms with Gasteiger partial charge in [-0.05, 0) is 12.8 Å². The molecule has 0 aromatic heterocycles. The van der Waals surface area contributed by atoms with Gasteiger partial charge in [-0.3, -0.25) is 4.79 Å². The molecular formula is C9H15NO4. The Bertz CT molecular complexity index is 229. The highest BCUT2D eigenvalue weighted by atomic mass is 16.4. The van der Waals surface area contributed by atoms with Crippen LogP contribution in [0.15, 0.2) is 0 Å². The van der Waals surface area contributed by atoms with Gasteiger partial charge >= 0.3 is 11.9 Å². The highest BCUT2D eigenvalue weighted by molar-refractivity contribution is 6.31. The maximum atomic E-state index is 10.8. The number of aliphatic carboxylic acids is 1. The number of hydrogen-bond acceptors (Lipinski definition) is 3. The fourth-order valence-electron chi connectivity index (χ4n) is 1.69. The number of rotatable bonds is 1. The molecule has 0 aromatic rings. The summed E-state index contributed by atoms with van der Waals surface area (Å²) < 4.78 is 0. The van der Waals surface area contributed by atoms with Crippen molar-refractivity contribution in [1.82, 2.24) is 5.32 Å². The van der Waals surface area contributed by atoms with Gasteiger partial charge in [0.15, 0.2) is 0 Å². The molecule has 1 aliphatic rings. The Labute approximate surface area is 82.1 Å². The molecule has 1 saturated carbocycles. The van der Waals surface area contributed by atoms with E-state index in [0.717, 1.165) is 19.3 Å². The molecule has 0 heterocycles. The highest BCUT2D eigenvalue weighted by Crippen LogP contribution is 2.17. The van der Waals surface area contributed by atoms with Gasteiger partial charge in [-0.2, -0.15) is 0 Å². The van der Waals surface area contributed by atoms with Gasteiger partial charge in [0.1, 0.15) is 0 Å². The first-order valence-corrected chi connectivity index (χ1v) is 4.83. The van der Waals surface area contributed by atoms with E-state index in [9.17, 15) is 14.7 Å². The molecule has 5 heteroatoms. The summed E-state index contributed by atoms with van der Waals surface area (Å²) in [5.74, 6) is -2.53. The first-order chi connectivity index (χ1) is 6.61. The average molecular weight is 201 g/mol. The average Bonchev–Trinajstić information content (AvgIpc) is 2.32. The normalized spacial score (nSPS) is 27.8. The zero-order valence-corrected chi connectivity index (χ0v) is 7.90. The molecule has 5 nitrogen and oxygen atoms in total. The molecule has 3 N–H and O–H groups in total. The van der Waals surface area contributed by atoms with E-state index >= 15 is 0 Å². The first-order valence-electron chi connectivity index (χ1n) is 4.83. The lowest BCUT2D eigenvalue weighted by molar-refractivity contribution is -0.150. The van der Waals surface area contributed by atoms with Crippen LogP contribution in [0.5, 0.6) is 0 Å². The topological polar surface area (TPSA) is 86.6 Å². The Kier molecular flexibility index (Phi) is 3.88. The predicted octanol–water partition coefficient (Wildman–Crippen LogP) is -0.119. The monoisotopic (exact) mass is 201 g/mol. The number of carboxylic acid groups (broad SMARTS) is 1. The van der Waals surface area contributed by atoms with Crippen LogP contribution in [0.25, 0.3) is 0 Å². The molecule has 1 fully saturated rings. The summed E-state index contributed by atoms with van der Waals surface area (Å²) in [5.41, 5.74) is 0. The molecule has 0 aromatic carbocycles. The molecule has 0 radical (unpaired) electrons. The second-order valence-corrected chi connectivity index (χ2v) is 3.59. The molecule has 1 amide bonds. The minimum absolute atomic E-state index is 0.402. The SMILES string of the molecule is O=C(O)C(=O)N[C@@H]1CCCCC[C@H]1O. The molecular weight excluding hydrogens is 186 g/mol. The summed E-state index contributed by atoms with van der Waals surface area (Å²) in [6.07, 6.45) is 3.55. The molecule has 2 atom stereocenters. The summed E-state index contributed by atoms with van der Waals surface area (Å²) in [4.78, 5) is 21.1. The lowest BCUT2D eigenvalue weighted by atomic mass is 10.1. The van der Waals surface area contributed by atoms with Crippen molar-refractivity contribution in [1.29, 1.82) is 0 Å². The molecule has 80 valence electrons. The molecule has 1 rings (SSSR count). The zero-order chi connectivity index (χ0) is 10.6. The van der Waals surface area contributed by atoms with Crippen molar-refractivity contribution in [3.05, 3.63) is 0 Å². The third-order valence-electron chi connectivity index (χ3n) is 2.49. The second kappa shape index (κ2) is 4.95. The van der Waals surface area contributed by atoms with Crippen molar-refractivity contribution in [2.75, 3.05) is 0 Å². The van der Waals surface area contributed by atoms with Gasteiger partial charge < -0.3 is 15.5 Å². The maximum Gasteiger partial charge on any atom is 0.394 e. The van der Waals surface area contributed by atoms with Gasteiger partial charge in [0, 0.05) is 0 Å². The lowest BCUT2D eigenvalue weighted by Gasteiger charge is -2.20. The van der Waals surface area contributed by atoms with E-state index in [4.69, 9.17) is 5.11 Å². The van der Waals surface area contributed by atoms with E-state index in [1.54, 1.807) is 0 Å². The van der Waals surface area contributed by atoms with Crippen LogP contribution in [0.4, 0.5) is 0 Å². The van der Waals surface area contributed by atoms with Crippen molar-refractivity contribution in [2.24, 2.45) is 0 Å². The zero-order valence-electron chi connectivity index (χ0n) is 7.90. The van der Waals surface area contributed by atoms with E-state index in [-0.39, 0.29) is 0 Å². The quantitative estimate of drug-likeness (QED) is 0.408. The number of carbonyl (C=O) groups excluding carboxylic acids is 1. The van der Waals surface area contributed by atoms with Gasteiger partial charge in [-0.25, -0.2) is 4.79 Å². The summed E-state index contributed by atoms with van der Waals surface area (Å²) in [7, 11) is 0. The van der Waals surface area contributed by atoms with Crippen LogP contribution < -0.4 is 5.32 Å². The molecule has 1 aliphatic carbocycles. The molecule has 0 spiro atoms. The van der Waals surface area contributed by atoms with E-state index in [1.807, 2.05) is 0 Å². The van der Waals surface area contributed by atoms with Crippen molar-refractivity contribution >= 4 is 11.9 Å². The Balaban J connectivity index is 2.48.